The summed E-state index contributed by atoms with van der Waals surface area (Å²) in [5.74, 6) is 0.633. The number of hydrogen-bond donors (Lipinski definition) is 0. The Morgan fingerprint density at radius 2 is 2.21 bits per heavy atom. The number of nitrogens with zero attached hydrogens (tertiary/aromatic N) is 2. The molecule has 5 nitrogen and oxygen atoms in total. The SMILES string of the molecule is CCc1cc(OCN(C)C2CCCOC2)c(C=O)cc1Cc1ccc(Cl)nc1. The number of ether oxygens (including phenoxy) is 2. The summed E-state index contributed by atoms with van der Waals surface area (Å²) in [6, 6.07) is 8.02. The van der Waals surface area contributed by atoms with Gasteiger partial charge in [0, 0.05) is 18.8 Å². The van der Waals surface area contributed by atoms with Crippen molar-refractivity contribution >= 4 is 17.9 Å². The van der Waals surface area contributed by atoms with Crippen LogP contribution in [0.5, 0.6) is 5.75 Å². The van der Waals surface area contributed by atoms with Crippen LogP contribution in [0, 0.1) is 0 Å². The predicted molar refractivity (Wildman–Crippen MR) is 110 cm³/mol. The molecule has 0 aliphatic carbocycles. The smallest absolute Gasteiger partial charge is 0.153 e. The van der Waals surface area contributed by atoms with Gasteiger partial charge in [0.1, 0.15) is 17.6 Å². The van der Waals surface area contributed by atoms with Crippen LogP contribution < -0.4 is 4.74 Å². The van der Waals surface area contributed by atoms with Gasteiger partial charge < -0.3 is 9.47 Å². The second-order valence-corrected chi connectivity index (χ2v) is 7.58. The molecule has 1 atom stereocenters. The second-order valence-electron chi connectivity index (χ2n) is 7.20. The lowest BCUT2D eigenvalue weighted by molar-refractivity contribution is 0.00215. The molecule has 1 aliphatic heterocycles. The van der Waals surface area contributed by atoms with E-state index >= 15 is 0 Å². The highest BCUT2D eigenvalue weighted by Crippen LogP contribution is 2.26. The van der Waals surface area contributed by atoms with E-state index in [1.807, 2.05) is 25.2 Å². The van der Waals surface area contributed by atoms with Crippen LogP contribution in [0.25, 0.3) is 0 Å². The van der Waals surface area contributed by atoms with Gasteiger partial charge in [0.15, 0.2) is 6.29 Å². The fraction of sp³-hybridized carbons (Fsp3) is 0.455. The Labute approximate surface area is 171 Å². The number of aldehydes is 1. The Morgan fingerprint density at radius 1 is 1.36 bits per heavy atom. The second kappa shape index (κ2) is 10.0. The molecule has 2 heterocycles. The van der Waals surface area contributed by atoms with Crippen molar-refractivity contribution in [3.63, 3.8) is 0 Å². The Morgan fingerprint density at radius 3 is 2.86 bits per heavy atom. The van der Waals surface area contributed by atoms with Gasteiger partial charge in [0.25, 0.3) is 0 Å². The zero-order chi connectivity index (χ0) is 19.9. The Bertz CT molecular complexity index is 789. The number of carbonyl (C=O) groups excluding carboxylic acids is 1. The molecular formula is C22H27ClN2O3. The minimum atomic E-state index is 0.357. The zero-order valence-corrected chi connectivity index (χ0v) is 17.2. The zero-order valence-electron chi connectivity index (χ0n) is 16.5. The minimum Gasteiger partial charge on any atom is -0.477 e. The normalized spacial score (nSPS) is 16.9. The molecule has 0 amide bonds. The number of likely N-dealkylation sites (N-methyl/N-ethyl adjacent to an activating group) is 1. The van der Waals surface area contributed by atoms with E-state index in [1.165, 1.54) is 5.56 Å². The van der Waals surface area contributed by atoms with E-state index in [0.717, 1.165) is 49.9 Å². The average molecular weight is 403 g/mol. The molecule has 1 saturated heterocycles. The van der Waals surface area contributed by atoms with Crippen molar-refractivity contribution in [3.05, 3.63) is 57.9 Å². The lowest BCUT2D eigenvalue weighted by atomic mass is 9.96. The van der Waals surface area contributed by atoms with Crippen molar-refractivity contribution in [2.24, 2.45) is 0 Å². The maximum atomic E-state index is 11.7. The molecule has 1 fully saturated rings. The van der Waals surface area contributed by atoms with Crippen molar-refractivity contribution in [3.8, 4) is 5.75 Å². The van der Waals surface area contributed by atoms with Crippen LogP contribution in [-0.2, 0) is 17.6 Å². The van der Waals surface area contributed by atoms with Gasteiger partial charge in [-0.15, -0.1) is 0 Å². The summed E-state index contributed by atoms with van der Waals surface area (Å²) in [7, 11) is 2.03. The number of benzene rings is 1. The topological polar surface area (TPSA) is 51.7 Å². The van der Waals surface area contributed by atoms with Crippen LogP contribution in [0.3, 0.4) is 0 Å². The average Bonchev–Trinajstić information content (AvgIpc) is 2.74. The number of rotatable bonds is 8. The van der Waals surface area contributed by atoms with Gasteiger partial charge in [-0.3, -0.25) is 9.69 Å². The van der Waals surface area contributed by atoms with Gasteiger partial charge in [-0.1, -0.05) is 24.6 Å². The Kier molecular flexibility index (Phi) is 7.43. The summed E-state index contributed by atoms with van der Waals surface area (Å²) in [6.45, 7) is 4.10. The summed E-state index contributed by atoms with van der Waals surface area (Å²) >= 11 is 5.87. The molecule has 1 unspecified atom stereocenters. The van der Waals surface area contributed by atoms with Gasteiger partial charge in [-0.25, -0.2) is 4.98 Å². The number of aromatic nitrogens is 1. The van der Waals surface area contributed by atoms with Crippen molar-refractivity contribution in [1.82, 2.24) is 9.88 Å². The highest BCUT2D eigenvalue weighted by molar-refractivity contribution is 6.29. The first-order valence-electron chi connectivity index (χ1n) is 9.73. The van der Waals surface area contributed by atoms with Gasteiger partial charge in [-0.2, -0.15) is 0 Å². The largest absolute Gasteiger partial charge is 0.477 e. The number of hydrogen-bond acceptors (Lipinski definition) is 5. The summed E-state index contributed by atoms with van der Waals surface area (Å²) in [4.78, 5) is 18.0. The number of carbonyl (C=O) groups is 1. The number of pyridine rings is 1. The fourth-order valence-corrected chi connectivity index (χ4v) is 3.59. The lowest BCUT2D eigenvalue weighted by Crippen LogP contribution is -2.40. The van der Waals surface area contributed by atoms with Crippen molar-refractivity contribution in [2.75, 3.05) is 27.0 Å². The molecule has 6 heteroatoms. The van der Waals surface area contributed by atoms with Crippen LogP contribution >= 0.6 is 11.6 Å². The van der Waals surface area contributed by atoms with E-state index in [-0.39, 0.29) is 0 Å². The van der Waals surface area contributed by atoms with E-state index in [1.54, 1.807) is 12.3 Å². The first-order chi connectivity index (χ1) is 13.6. The van der Waals surface area contributed by atoms with Gasteiger partial charge >= 0.3 is 0 Å². The lowest BCUT2D eigenvalue weighted by Gasteiger charge is -2.31. The predicted octanol–water partition coefficient (Wildman–Crippen LogP) is 4.15. The van der Waals surface area contributed by atoms with Crippen LogP contribution in [0.2, 0.25) is 5.15 Å². The molecule has 150 valence electrons. The van der Waals surface area contributed by atoms with Crippen LogP contribution in [-0.4, -0.2) is 49.2 Å². The van der Waals surface area contributed by atoms with Crippen LogP contribution in [0.1, 0.15) is 46.8 Å². The van der Waals surface area contributed by atoms with Gasteiger partial charge in [0.05, 0.1) is 12.2 Å². The summed E-state index contributed by atoms with van der Waals surface area (Å²) in [5.41, 5.74) is 3.90. The standard InChI is InChI=1S/C22H27ClN2O3/c1-3-17-11-21(28-15-25(2)20-5-4-8-27-14-20)19(13-26)10-18(17)9-16-6-7-22(23)24-12-16/h6-7,10-13,20H,3-5,8-9,14-15H2,1-2H3. The van der Waals surface area contributed by atoms with E-state index in [4.69, 9.17) is 21.1 Å². The first-order valence-corrected chi connectivity index (χ1v) is 10.1. The highest BCUT2D eigenvalue weighted by atomic mass is 35.5. The molecule has 1 aromatic carbocycles. The third-order valence-corrected chi connectivity index (χ3v) is 5.43. The molecule has 2 aromatic rings. The third kappa shape index (κ3) is 5.31. The molecular weight excluding hydrogens is 376 g/mol. The van der Waals surface area contributed by atoms with Crippen molar-refractivity contribution in [2.45, 2.75) is 38.6 Å². The fourth-order valence-electron chi connectivity index (χ4n) is 3.48. The molecule has 0 radical (unpaired) electrons. The molecule has 1 aliphatic rings. The summed E-state index contributed by atoms with van der Waals surface area (Å²) < 4.78 is 11.6. The van der Waals surface area contributed by atoms with Gasteiger partial charge in [0.2, 0.25) is 0 Å². The van der Waals surface area contributed by atoms with E-state index in [9.17, 15) is 4.79 Å². The maximum Gasteiger partial charge on any atom is 0.153 e. The Hall–Kier alpha value is -1.95. The van der Waals surface area contributed by atoms with Crippen molar-refractivity contribution < 1.29 is 14.3 Å². The van der Waals surface area contributed by atoms with Crippen LogP contribution in [0.15, 0.2) is 30.5 Å². The summed E-state index contributed by atoms with van der Waals surface area (Å²) in [6.07, 6.45) is 6.37. The molecule has 28 heavy (non-hydrogen) atoms. The van der Waals surface area contributed by atoms with E-state index < -0.39 is 0 Å². The molecule has 0 spiro atoms. The number of aryl methyl sites for hydroxylation is 1. The van der Waals surface area contributed by atoms with Crippen LogP contribution in [0.4, 0.5) is 0 Å². The Balaban J connectivity index is 1.74. The molecule has 0 saturated carbocycles. The van der Waals surface area contributed by atoms with E-state index in [2.05, 4.69) is 16.8 Å². The first kappa shape index (κ1) is 20.8. The monoisotopic (exact) mass is 402 g/mol. The molecule has 1 aromatic heterocycles. The quantitative estimate of drug-likeness (QED) is 0.377. The highest BCUT2D eigenvalue weighted by Gasteiger charge is 2.19. The molecule has 0 N–H and O–H groups in total. The van der Waals surface area contributed by atoms with E-state index in [0.29, 0.717) is 35.7 Å². The van der Waals surface area contributed by atoms with Crippen molar-refractivity contribution in [1.29, 1.82) is 0 Å². The number of halogens is 1. The maximum absolute atomic E-state index is 11.7. The molecule has 3 rings (SSSR count). The minimum absolute atomic E-state index is 0.357. The van der Waals surface area contributed by atoms with Gasteiger partial charge in [-0.05, 0) is 67.6 Å². The third-order valence-electron chi connectivity index (χ3n) is 5.21. The molecule has 0 bridgehead atoms. The summed E-state index contributed by atoms with van der Waals surface area (Å²) in [5, 5.41) is 0.476.